The van der Waals surface area contributed by atoms with Gasteiger partial charge in [-0.15, -0.1) is 11.3 Å². The number of thiazole rings is 1. The molecule has 0 radical (unpaired) electrons. The van der Waals surface area contributed by atoms with Crippen molar-refractivity contribution in [2.45, 2.75) is 15.8 Å². The van der Waals surface area contributed by atoms with Crippen LogP contribution in [0.25, 0.3) is 0 Å². The van der Waals surface area contributed by atoms with E-state index in [-0.39, 0.29) is 0 Å². The van der Waals surface area contributed by atoms with Crippen LogP contribution in [0.3, 0.4) is 0 Å². The summed E-state index contributed by atoms with van der Waals surface area (Å²) in [5.41, 5.74) is 1.11. The molecule has 0 fully saturated rings. The molecule has 0 atom stereocenters. The zero-order chi connectivity index (χ0) is 13.5. The lowest BCUT2D eigenvalue weighted by Crippen LogP contribution is -2.19. The molecule has 0 aliphatic carbocycles. The maximum Gasteiger partial charge on any atom is 0.154 e. The third-order valence-corrected chi connectivity index (χ3v) is 4.81. The average molecular weight is 315 g/mol. The SMILES string of the molecule is COCCNCc1c(Cl)cccc1Sc1nccs1. The van der Waals surface area contributed by atoms with Gasteiger partial charge >= 0.3 is 0 Å². The molecule has 1 heterocycles. The number of ether oxygens (including phenoxy) is 1. The molecule has 2 aromatic rings. The molecule has 3 nitrogen and oxygen atoms in total. The number of nitrogens with one attached hydrogen (secondary N) is 1. The van der Waals surface area contributed by atoms with E-state index in [0.717, 1.165) is 32.9 Å². The fourth-order valence-corrected chi connectivity index (χ4v) is 3.59. The number of methoxy groups -OCH3 is 1. The third-order valence-electron chi connectivity index (χ3n) is 2.47. The fraction of sp³-hybridized carbons (Fsp3) is 0.308. The van der Waals surface area contributed by atoms with E-state index in [9.17, 15) is 0 Å². The lowest BCUT2D eigenvalue weighted by Gasteiger charge is -2.11. The summed E-state index contributed by atoms with van der Waals surface area (Å²) in [6, 6.07) is 5.96. The first-order valence-corrected chi connectivity index (χ1v) is 7.93. The summed E-state index contributed by atoms with van der Waals surface area (Å²) < 4.78 is 6.04. The van der Waals surface area contributed by atoms with E-state index in [1.165, 1.54) is 0 Å². The van der Waals surface area contributed by atoms with E-state index in [1.54, 1.807) is 30.2 Å². The molecule has 19 heavy (non-hydrogen) atoms. The molecule has 0 bridgehead atoms. The van der Waals surface area contributed by atoms with Crippen LogP contribution >= 0.6 is 34.7 Å². The van der Waals surface area contributed by atoms with Gasteiger partial charge in [-0.25, -0.2) is 4.98 Å². The second kappa shape index (κ2) is 7.87. The zero-order valence-corrected chi connectivity index (χ0v) is 12.9. The first kappa shape index (κ1) is 14.8. The molecule has 1 N–H and O–H groups in total. The van der Waals surface area contributed by atoms with Crippen molar-refractivity contribution in [2.75, 3.05) is 20.3 Å². The average Bonchev–Trinajstić information content (AvgIpc) is 2.90. The quantitative estimate of drug-likeness (QED) is 0.790. The number of rotatable bonds is 7. The monoisotopic (exact) mass is 314 g/mol. The molecule has 1 aromatic heterocycles. The van der Waals surface area contributed by atoms with Crippen LogP contribution in [0.15, 0.2) is 39.0 Å². The van der Waals surface area contributed by atoms with Crippen LogP contribution in [0.2, 0.25) is 5.02 Å². The molecule has 102 valence electrons. The van der Waals surface area contributed by atoms with Gasteiger partial charge in [-0.2, -0.15) is 0 Å². The van der Waals surface area contributed by atoms with Gasteiger partial charge in [0.25, 0.3) is 0 Å². The Morgan fingerprint density at radius 3 is 3.11 bits per heavy atom. The predicted octanol–water partition coefficient (Wildman–Crippen LogP) is 3.68. The normalized spacial score (nSPS) is 10.8. The molecule has 0 aliphatic heterocycles. The van der Waals surface area contributed by atoms with Crippen LogP contribution < -0.4 is 5.32 Å². The van der Waals surface area contributed by atoms with Crippen LogP contribution in [-0.4, -0.2) is 25.2 Å². The molecule has 2 rings (SSSR count). The zero-order valence-electron chi connectivity index (χ0n) is 10.6. The second-order valence-corrected chi connectivity index (χ2v) is 6.38. The Labute approximate surface area is 126 Å². The van der Waals surface area contributed by atoms with E-state index < -0.39 is 0 Å². The lowest BCUT2D eigenvalue weighted by molar-refractivity contribution is 0.199. The third kappa shape index (κ3) is 4.47. The van der Waals surface area contributed by atoms with Crippen LogP contribution in [0.4, 0.5) is 0 Å². The number of hydrogen-bond acceptors (Lipinski definition) is 5. The van der Waals surface area contributed by atoms with Crippen LogP contribution in [-0.2, 0) is 11.3 Å². The highest BCUT2D eigenvalue weighted by Gasteiger charge is 2.09. The van der Waals surface area contributed by atoms with E-state index in [0.29, 0.717) is 6.61 Å². The van der Waals surface area contributed by atoms with Gasteiger partial charge in [-0.1, -0.05) is 29.4 Å². The predicted molar refractivity (Wildman–Crippen MR) is 81.3 cm³/mol. The fourth-order valence-electron chi connectivity index (χ4n) is 1.55. The molecule has 6 heteroatoms. The van der Waals surface area contributed by atoms with Gasteiger partial charge < -0.3 is 10.1 Å². The summed E-state index contributed by atoms with van der Waals surface area (Å²) in [4.78, 5) is 5.44. The van der Waals surface area contributed by atoms with Crippen LogP contribution in [0.5, 0.6) is 0 Å². The Morgan fingerprint density at radius 2 is 2.37 bits per heavy atom. The van der Waals surface area contributed by atoms with E-state index in [1.807, 2.05) is 23.7 Å². The first-order valence-electron chi connectivity index (χ1n) is 5.85. The van der Waals surface area contributed by atoms with Crippen LogP contribution in [0.1, 0.15) is 5.56 Å². The summed E-state index contributed by atoms with van der Waals surface area (Å²) in [6.45, 7) is 2.24. The van der Waals surface area contributed by atoms with Crippen molar-refractivity contribution >= 4 is 34.7 Å². The summed E-state index contributed by atoms with van der Waals surface area (Å²) >= 11 is 9.56. The van der Waals surface area contributed by atoms with E-state index in [4.69, 9.17) is 16.3 Å². The summed E-state index contributed by atoms with van der Waals surface area (Å²) in [5, 5.41) is 6.08. The van der Waals surface area contributed by atoms with Crippen molar-refractivity contribution in [3.05, 3.63) is 40.4 Å². The van der Waals surface area contributed by atoms with Crippen molar-refractivity contribution < 1.29 is 4.74 Å². The first-order chi connectivity index (χ1) is 9.31. The molecular formula is C13H15ClN2OS2. The van der Waals surface area contributed by atoms with Crippen molar-refractivity contribution in [1.29, 1.82) is 0 Å². The highest BCUT2D eigenvalue weighted by Crippen LogP contribution is 2.34. The van der Waals surface area contributed by atoms with E-state index >= 15 is 0 Å². The Bertz CT molecular complexity index is 505. The minimum Gasteiger partial charge on any atom is -0.383 e. The smallest absolute Gasteiger partial charge is 0.154 e. The molecular weight excluding hydrogens is 300 g/mol. The topological polar surface area (TPSA) is 34.1 Å². The lowest BCUT2D eigenvalue weighted by atomic mass is 10.2. The molecule has 0 unspecified atom stereocenters. The van der Waals surface area contributed by atoms with Gasteiger partial charge in [0.2, 0.25) is 0 Å². The minimum absolute atomic E-state index is 0.694. The molecule has 0 aliphatic rings. The Balaban J connectivity index is 2.07. The number of nitrogens with zero attached hydrogens (tertiary/aromatic N) is 1. The molecule has 0 spiro atoms. The molecule has 0 amide bonds. The standard InChI is InChI=1S/C13H15ClN2OS2/c1-17-7-5-15-9-10-11(14)3-2-4-12(10)19-13-16-6-8-18-13/h2-4,6,8,15H,5,7,9H2,1H3. The maximum atomic E-state index is 6.28. The number of benzene rings is 1. The summed E-state index contributed by atoms with van der Waals surface area (Å²) in [7, 11) is 1.70. The Hall–Kier alpha value is -0.590. The second-order valence-electron chi connectivity index (χ2n) is 3.79. The number of aromatic nitrogens is 1. The van der Waals surface area contributed by atoms with Crippen molar-refractivity contribution in [3.63, 3.8) is 0 Å². The van der Waals surface area contributed by atoms with Gasteiger partial charge in [0.15, 0.2) is 4.34 Å². The van der Waals surface area contributed by atoms with Gasteiger partial charge in [-0.05, 0) is 17.7 Å². The Kier molecular flexibility index (Phi) is 6.13. The van der Waals surface area contributed by atoms with Gasteiger partial charge in [0.1, 0.15) is 0 Å². The minimum atomic E-state index is 0.694. The van der Waals surface area contributed by atoms with Crippen molar-refractivity contribution in [1.82, 2.24) is 10.3 Å². The maximum absolute atomic E-state index is 6.28. The van der Waals surface area contributed by atoms with Crippen molar-refractivity contribution in [2.24, 2.45) is 0 Å². The number of halogens is 1. The molecule has 0 saturated heterocycles. The van der Waals surface area contributed by atoms with E-state index in [2.05, 4.69) is 16.4 Å². The summed E-state index contributed by atoms with van der Waals surface area (Å²) in [5.74, 6) is 0. The van der Waals surface area contributed by atoms with Crippen LogP contribution in [0, 0.1) is 0 Å². The highest BCUT2D eigenvalue weighted by atomic mass is 35.5. The van der Waals surface area contributed by atoms with Gasteiger partial charge in [0, 0.05) is 41.7 Å². The number of hydrogen-bond donors (Lipinski definition) is 1. The largest absolute Gasteiger partial charge is 0.383 e. The van der Waals surface area contributed by atoms with Gasteiger partial charge in [0.05, 0.1) is 6.61 Å². The Morgan fingerprint density at radius 1 is 1.47 bits per heavy atom. The van der Waals surface area contributed by atoms with Crippen molar-refractivity contribution in [3.8, 4) is 0 Å². The molecule has 0 saturated carbocycles. The molecule has 1 aromatic carbocycles. The van der Waals surface area contributed by atoms with Gasteiger partial charge in [-0.3, -0.25) is 0 Å². The summed E-state index contributed by atoms with van der Waals surface area (Å²) in [6.07, 6.45) is 1.81. The highest BCUT2D eigenvalue weighted by molar-refractivity contribution is 8.01.